The number of nitrogens with one attached hydrogen (secondary N) is 2. The second-order valence-electron chi connectivity index (χ2n) is 5.39. The molecule has 0 spiro atoms. The van der Waals surface area contributed by atoms with Gasteiger partial charge in [0, 0.05) is 25.5 Å². The van der Waals surface area contributed by atoms with Crippen molar-refractivity contribution in [1.82, 2.24) is 24.5 Å². The van der Waals surface area contributed by atoms with E-state index in [2.05, 4.69) is 44.5 Å². The second-order valence-corrected chi connectivity index (χ2v) is 5.39. The molecule has 5 N–H and O–H groups in total. The van der Waals surface area contributed by atoms with Gasteiger partial charge in [0.05, 0.1) is 0 Å². The maximum absolute atomic E-state index is 9.04. The van der Waals surface area contributed by atoms with Crippen molar-refractivity contribution in [3.8, 4) is 5.95 Å². The summed E-state index contributed by atoms with van der Waals surface area (Å²) in [5, 5.41) is 12.2. The molecule has 21 heavy (non-hydrogen) atoms. The molecule has 0 aliphatic heterocycles. The quantitative estimate of drug-likeness (QED) is 0.420. The van der Waals surface area contributed by atoms with Gasteiger partial charge in [-0.25, -0.2) is 10.8 Å². The van der Waals surface area contributed by atoms with Gasteiger partial charge in [-0.1, -0.05) is 13.8 Å². The zero-order chi connectivity index (χ0) is 15.3. The van der Waals surface area contributed by atoms with Crippen LogP contribution in [0.5, 0.6) is 0 Å². The Morgan fingerprint density at radius 1 is 1.29 bits per heavy atom. The number of nitrogen functional groups attached to an aromatic ring is 1. The average Bonchev–Trinajstić information content (AvgIpc) is 2.99. The fourth-order valence-corrected chi connectivity index (χ4v) is 1.71. The monoisotopic (exact) mass is 292 g/mol. The third-order valence-electron chi connectivity index (χ3n) is 3.00. The first-order chi connectivity index (χ1) is 10.0. The van der Waals surface area contributed by atoms with Gasteiger partial charge in [-0.3, -0.25) is 9.99 Å². The van der Waals surface area contributed by atoms with E-state index in [1.165, 1.54) is 0 Å². The Balaban J connectivity index is 2.18. The largest absolute Gasteiger partial charge is 0.396 e. The van der Waals surface area contributed by atoms with Crippen LogP contribution in [-0.2, 0) is 0 Å². The molecule has 0 unspecified atom stereocenters. The van der Waals surface area contributed by atoms with E-state index in [1.807, 2.05) is 0 Å². The van der Waals surface area contributed by atoms with Crippen molar-refractivity contribution in [2.24, 2.45) is 11.3 Å². The molecule has 0 saturated carbocycles. The number of hydrogen-bond donors (Lipinski definition) is 4. The smallest absolute Gasteiger partial charge is 0.243 e. The summed E-state index contributed by atoms with van der Waals surface area (Å²) in [4.78, 5) is 16.6. The average molecular weight is 292 g/mol. The van der Waals surface area contributed by atoms with E-state index in [1.54, 1.807) is 23.3 Å². The first kappa shape index (κ1) is 15.1. The van der Waals surface area contributed by atoms with Crippen molar-refractivity contribution in [3.63, 3.8) is 0 Å². The van der Waals surface area contributed by atoms with Crippen molar-refractivity contribution in [1.29, 1.82) is 0 Å². The lowest BCUT2D eigenvalue weighted by Gasteiger charge is -2.23. The maximum Gasteiger partial charge on any atom is 0.243 e. The predicted molar refractivity (Wildman–Crippen MR) is 78.7 cm³/mol. The first-order valence-corrected chi connectivity index (χ1v) is 6.60. The Hall–Kier alpha value is -2.26. The molecule has 0 aromatic carbocycles. The fourth-order valence-electron chi connectivity index (χ4n) is 1.71. The molecule has 0 aliphatic rings. The molecule has 0 radical (unpaired) electrons. The number of aliphatic hydroxyl groups is 1. The number of imidazole rings is 1. The van der Waals surface area contributed by atoms with Crippen LogP contribution in [0.25, 0.3) is 5.95 Å². The normalized spacial score (nSPS) is 11.4. The molecule has 2 rings (SSSR count). The number of hydrazine groups is 1. The molecule has 0 fully saturated rings. The topological polar surface area (TPSA) is 127 Å². The minimum atomic E-state index is -0.0765. The molecular formula is C12H20N8O. The third kappa shape index (κ3) is 4.10. The van der Waals surface area contributed by atoms with E-state index >= 15 is 0 Å². The summed E-state index contributed by atoms with van der Waals surface area (Å²) in [6, 6.07) is 0. The number of hydrogen-bond acceptors (Lipinski definition) is 8. The number of anilines is 2. The van der Waals surface area contributed by atoms with Gasteiger partial charge in [0.2, 0.25) is 17.8 Å². The summed E-state index contributed by atoms with van der Waals surface area (Å²) >= 11 is 0. The van der Waals surface area contributed by atoms with Gasteiger partial charge in [-0.2, -0.15) is 15.0 Å². The van der Waals surface area contributed by atoms with Gasteiger partial charge in [0.1, 0.15) is 6.33 Å². The van der Waals surface area contributed by atoms with E-state index < -0.39 is 0 Å². The highest BCUT2D eigenvalue weighted by molar-refractivity contribution is 5.37. The number of nitrogens with two attached hydrogens (primary N) is 1. The molecular weight excluding hydrogens is 272 g/mol. The second kappa shape index (κ2) is 6.46. The summed E-state index contributed by atoms with van der Waals surface area (Å²) in [5.41, 5.74) is 2.34. The summed E-state index contributed by atoms with van der Waals surface area (Å²) in [5.74, 6) is 6.47. The molecule has 0 bridgehead atoms. The van der Waals surface area contributed by atoms with E-state index in [-0.39, 0.29) is 18.0 Å². The van der Waals surface area contributed by atoms with E-state index in [9.17, 15) is 0 Å². The van der Waals surface area contributed by atoms with Crippen LogP contribution in [-0.4, -0.2) is 42.8 Å². The molecule has 9 heteroatoms. The lowest BCUT2D eigenvalue weighted by atomic mass is 9.90. The highest BCUT2D eigenvalue weighted by atomic mass is 16.3. The Morgan fingerprint density at radius 3 is 2.67 bits per heavy atom. The van der Waals surface area contributed by atoms with Crippen LogP contribution < -0.4 is 16.6 Å². The molecule has 114 valence electrons. The molecule has 2 aromatic heterocycles. The summed E-state index contributed by atoms with van der Waals surface area (Å²) < 4.78 is 1.66. The summed E-state index contributed by atoms with van der Waals surface area (Å²) in [6.07, 6.45) is 5.64. The molecule has 0 atom stereocenters. The van der Waals surface area contributed by atoms with Crippen LogP contribution in [0.2, 0.25) is 0 Å². The maximum atomic E-state index is 9.04. The van der Waals surface area contributed by atoms with Crippen LogP contribution in [0, 0.1) is 5.41 Å². The minimum absolute atomic E-state index is 0.0765. The molecule has 0 amide bonds. The minimum Gasteiger partial charge on any atom is -0.396 e. The van der Waals surface area contributed by atoms with Gasteiger partial charge >= 0.3 is 0 Å². The number of rotatable bonds is 7. The van der Waals surface area contributed by atoms with Gasteiger partial charge < -0.3 is 10.4 Å². The number of aliphatic hydroxyl groups excluding tert-OH is 1. The van der Waals surface area contributed by atoms with E-state index in [0.29, 0.717) is 24.9 Å². The molecule has 0 aliphatic carbocycles. The van der Waals surface area contributed by atoms with Crippen LogP contribution >= 0.6 is 0 Å². The highest BCUT2D eigenvalue weighted by Crippen LogP contribution is 2.20. The van der Waals surface area contributed by atoms with Crippen molar-refractivity contribution in [2.75, 3.05) is 23.9 Å². The Morgan fingerprint density at radius 2 is 2.05 bits per heavy atom. The van der Waals surface area contributed by atoms with Gasteiger partial charge in [-0.05, 0) is 11.8 Å². The predicted octanol–water partition coefficient (Wildman–Crippen LogP) is 0.163. The Kier molecular flexibility index (Phi) is 4.66. The molecule has 0 saturated heterocycles. The van der Waals surface area contributed by atoms with Crippen LogP contribution in [0.1, 0.15) is 20.3 Å². The van der Waals surface area contributed by atoms with Crippen molar-refractivity contribution in [3.05, 3.63) is 18.7 Å². The lowest BCUT2D eigenvalue weighted by Crippen LogP contribution is -2.25. The van der Waals surface area contributed by atoms with Gasteiger partial charge in [0.25, 0.3) is 0 Å². The number of nitrogens with zero attached hydrogens (tertiary/aromatic N) is 5. The van der Waals surface area contributed by atoms with E-state index in [4.69, 9.17) is 10.9 Å². The molecule has 9 nitrogen and oxygen atoms in total. The van der Waals surface area contributed by atoms with Crippen molar-refractivity contribution in [2.45, 2.75) is 20.3 Å². The highest BCUT2D eigenvalue weighted by Gasteiger charge is 2.18. The Labute approximate surface area is 122 Å². The van der Waals surface area contributed by atoms with Gasteiger partial charge in [0.15, 0.2) is 0 Å². The zero-order valence-electron chi connectivity index (χ0n) is 12.1. The standard InChI is InChI=1S/C12H20N8O/c1-12(2,3-6-21)7-15-9-16-10(19-13)18-11(17-9)20-5-4-14-8-20/h4-5,8,21H,3,6-7,13H2,1-2H3,(H2,15,16,17,18,19). The molecule has 2 aromatic rings. The molecule has 2 heterocycles. The number of aromatic nitrogens is 5. The fraction of sp³-hybridized carbons (Fsp3) is 0.500. The SMILES string of the molecule is CC(C)(CCO)CNc1nc(NN)nc(-n2ccnc2)n1. The van der Waals surface area contributed by atoms with Crippen molar-refractivity contribution >= 4 is 11.9 Å². The lowest BCUT2D eigenvalue weighted by molar-refractivity contribution is 0.220. The van der Waals surface area contributed by atoms with Crippen molar-refractivity contribution < 1.29 is 5.11 Å². The van der Waals surface area contributed by atoms with E-state index in [0.717, 1.165) is 0 Å². The zero-order valence-corrected chi connectivity index (χ0v) is 12.1. The van der Waals surface area contributed by atoms with Crippen LogP contribution in [0.3, 0.4) is 0 Å². The third-order valence-corrected chi connectivity index (χ3v) is 3.00. The first-order valence-electron chi connectivity index (χ1n) is 6.60. The summed E-state index contributed by atoms with van der Waals surface area (Å²) in [6.45, 7) is 4.86. The van der Waals surface area contributed by atoms with Gasteiger partial charge in [-0.15, -0.1) is 0 Å². The van der Waals surface area contributed by atoms with Crippen LogP contribution in [0.15, 0.2) is 18.7 Å². The van der Waals surface area contributed by atoms with Crippen LogP contribution in [0.4, 0.5) is 11.9 Å². The Bertz CT molecular complexity index is 569. The summed E-state index contributed by atoms with van der Waals surface area (Å²) in [7, 11) is 0.